The van der Waals surface area contributed by atoms with E-state index in [1.807, 2.05) is 13.0 Å². The molecule has 0 spiro atoms. The van der Waals surface area contributed by atoms with Gasteiger partial charge in [0.25, 0.3) is 0 Å². The number of aryl methyl sites for hydroxylation is 1. The Bertz CT molecular complexity index is 741. The number of hydrogen-bond acceptors (Lipinski definition) is 5. The number of hydrogen-bond donors (Lipinski definition) is 0. The second-order valence-corrected chi connectivity index (χ2v) is 7.30. The van der Waals surface area contributed by atoms with E-state index in [1.165, 1.54) is 12.8 Å². The Morgan fingerprint density at radius 2 is 1.28 bits per heavy atom. The zero-order valence-corrected chi connectivity index (χ0v) is 14.9. The summed E-state index contributed by atoms with van der Waals surface area (Å²) in [6, 6.07) is 3.60. The van der Waals surface area contributed by atoms with Crippen molar-refractivity contribution in [2.24, 2.45) is 0 Å². The molecule has 2 aliphatic heterocycles. The third-order valence-corrected chi connectivity index (χ3v) is 5.49. The molecule has 3 aliphatic rings. The van der Waals surface area contributed by atoms with Gasteiger partial charge in [-0.2, -0.15) is 0 Å². The lowest BCUT2D eigenvalue weighted by Gasteiger charge is -2.38. The first-order chi connectivity index (χ1) is 12.2. The molecule has 5 nitrogen and oxygen atoms in total. The fraction of sp³-hybridized carbons (Fsp3) is 0.550. The predicted octanol–water partition coefficient (Wildman–Crippen LogP) is 2.95. The van der Waals surface area contributed by atoms with Crippen LogP contribution in [-0.2, 0) is 0 Å². The summed E-state index contributed by atoms with van der Waals surface area (Å²) in [7, 11) is 0. The molecule has 25 heavy (non-hydrogen) atoms. The van der Waals surface area contributed by atoms with Crippen LogP contribution in [0.1, 0.15) is 65.1 Å². The van der Waals surface area contributed by atoms with E-state index in [1.54, 1.807) is 6.07 Å². The summed E-state index contributed by atoms with van der Waals surface area (Å²) in [4.78, 5) is 35.3. The molecule has 0 unspecified atom stereocenters. The SMILES string of the molecule is Cc1ccc2c(n1)C(=O)C(N1CCCCC1)=C(N1CCCCC1)C2=O. The second kappa shape index (κ2) is 6.62. The highest BCUT2D eigenvalue weighted by atomic mass is 16.1. The van der Waals surface area contributed by atoms with Gasteiger partial charge in [-0.25, -0.2) is 4.98 Å². The molecule has 2 fully saturated rings. The van der Waals surface area contributed by atoms with Crippen molar-refractivity contribution in [3.63, 3.8) is 0 Å². The lowest BCUT2D eigenvalue weighted by Crippen LogP contribution is -2.43. The zero-order valence-electron chi connectivity index (χ0n) is 14.9. The Morgan fingerprint density at radius 3 is 1.84 bits per heavy atom. The van der Waals surface area contributed by atoms with E-state index in [9.17, 15) is 9.59 Å². The number of carbonyl (C=O) groups excluding carboxylic acids is 2. The molecule has 5 heteroatoms. The van der Waals surface area contributed by atoms with Crippen molar-refractivity contribution in [3.8, 4) is 0 Å². The Labute approximate surface area is 148 Å². The van der Waals surface area contributed by atoms with Crippen molar-refractivity contribution in [1.82, 2.24) is 14.8 Å². The Kier molecular flexibility index (Phi) is 4.32. The van der Waals surface area contributed by atoms with Gasteiger partial charge in [0.2, 0.25) is 11.6 Å². The average molecular weight is 339 g/mol. The minimum atomic E-state index is -0.0687. The Morgan fingerprint density at radius 1 is 0.760 bits per heavy atom. The zero-order chi connectivity index (χ0) is 17.4. The highest BCUT2D eigenvalue weighted by Crippen LogP contribution is 2.32. The normalized spacial score (nSPS) is 21.6. The van der Waals surface area contributed by atoms with Gasteiger partial charge in [-0.3, -0.25) is 9.59 Å². The van der Waals surface area contributed by atoms with Crippen molar-refractivity contribution in [3.05, 3.63) is 40.5 Å². The number of carbonyl (C=O) groups is 2. The molecular formula is C20H25N3O2. The molecule has 132 valence electrons. The van der Waals surface area contributed by atoms with E-state index >= 15 is 0 Å². The largest absolute Gasteiger partial charge is 0.367 e. The minimum Gasteiger partial charge on any atom is -0.367 e. The summed E-state index contributed by atoms with van der Waals surface area (Å²) < 4.78 is 0. The summed E-state index contributed by atoms with van der Waals surface area (Å²) in [5.74, 6) is -0.0923. The highest BCUT2D eigenvalue weighted by Gasteiger charge is 2.39. The quantitative estimate of drug-likeness (QED) is 0.829. The van der Waals surface area contributed by atoms with E-state index in [4.69, 9.17) is 0 Å². The first-order valence-electron chi connectivity index (χ1n) is 9.48. The molecule has 0 radical (unpaired) electrons. The summed E-state index contributed by atoms with van der Waals surface area (Å²) >= 11 is 0. The maximum atomic E-state index is 13.3. The second-order valence-electron chi connectivity index (χ2n) is 7.30. The van der Waals surface area contributed by atoms with E-state index in [-0.39, 0.29) is 11.6 Å². The van der Waals surface area contributed by atoms with Crippen LogP contribution in [-0.4, -0.2) is 52.5 Å². The molecule has 0 amide bonds. The summed E-state index contributed by atoms with van der Waals surface area (Å²) in [5, 5.41) is 0. The van der Waals surface area contributed by atoms with Crippen molar-refractivity contribution < 1.29 is 9.59 Å². The van der Waals surface area contributed by atoms with Gasteiger partial charge in [-0.1, -0.05) is 0 Å². The third-order valence-electron chi connectivity index (χ3n) is 5.49. The molecule has 2 saturated heterocycles. The molecule has 0 saturated carbocycles. The number of fused-ring (bicyclic) bond motifs is 1. The minimum absolute atomic E-state index is 0.0235. The van der Waals surface area contributed by atoms with Crippen LogP contribution >= 0.6 is 0 Å². The fourth-order valence-electron chi connectivity index (χ4n) is 4.19. The fourth-order valence-corrected chi connectivity index (χ4v) is 4.19. The van der Waals surface area contributed by atoms with Gasteiger partial charge in [0.05, 0.1) is 5.56 Å². The maximum absolute atomic E-state index is 13.3. The lowest BCUT2D eigenvalue weighted by molar-refractivity contribution is 0.0886. The third kappa shape index (κ3) is 2.86. The van der Waals surface area contributed by atoms with Gasteiger partial charge in [0.15, 0.2) is 0 Å². The number of Topliss-reactive ketones (excluding diaryl/α,β-unsaturated/α-hetero) is 2. The number of piperidine rings is 2. The maximum Gasteiger partial charge on any atom is 0.230 e. The Hall–Kier alpha value is -2.17. The molecular weight excluding hydrogens is 314 g/mol. The summed E-state index contributed by atoms with van der Waals surface area (Å²) in [5.41, 5.74) is 2.82. The molecule has 1 aliphatic carbocycles. The van der Waals surface area contributed by atoms with Crippen LogP contribution in [0.4, 0.5) is 0 Å². The summed E-state index contributed by atoms with van der Waals surface area (Å²) in [6.07, 6.45) is 6.70. The van der Waals surface area contributed by atoms with Gasteiger partial charge in [0.1, 0.15) is 17.1 Å². The average Bonchev–Trinajstić information content (AvgIpc) is 2.65. The topological polar surface area (TPSA) is 53.5 Å². The van der Waals surface area contributed by atoms with Crippen molar-refractivity contribution >= 4 is 11.6 Å². The number of aromatic nitrogens is 1. The number of rotatable bonds is 2. The molecule has 0 atom stereocenters. The van der Waals surface area contributed by atoms with E-state index in [2.05, 4.69) is 14.8 Å². The van der Waals surface area contributed by atoms with Gasteiger partial charge < -0.3 is 9.80 Å². The first kappa shape index (κ1) is 16.3. The highest BCUT2D eigenvalue weighted by molar-refractivity contribution is 6.25. The number of ketones is 2. The van der Waals surface area contributed by atoms with Gasteiger partial charge in [-0.05, 0) is 57.6 Å². The number of pyridine rings is 1. The first-order valence-corrected chi connectivity index (χ1v) is 9.48. The lowest BCUT2D eigenvalue weighted by atomic mass is 9.91. The van der Waals surface area contributed by atoms with Crippen molar-refractivity contribution in [2.75, 3.05) is 26.2 Å². The molecule has 0 aromatic carbocycles. The van der Waals surface area contributed by atoms with Gasteiger partial charge in [-0.15, -0.1) is 0 Å². The van der Waals surface area contributed by atoms with E-state index < -0.39 is 0 Å². The van der Waals surface area contributed by atoms with Crippen molar-refractivity contribution in [2.45, 2.75) is 45.4 Å². The van der Waals surface area contributed by atoms with Crippen LogP contribution in [0.5, 0.6) is 0 Å². The van der Waals surface area contributed by atoms with Crippen LogP contribution in [0.15, 0.2) is 23.5 Å². The molecule has 3 heterocycles. The van der Waals surface area contributed by atoms with E-state index in [0.717, 1.165) is 57.6 Å². The number of likely N-dealkylation sites (tertiary alicyclic amines) is 2. The van der Waals surface area contributed by atoms with Crippen molar-refractivity contribution in [1.29, 1.82) is 0 Å². The van der Waals surface area contributed by atoms with Crippen LogP contribution in [0.25, 0.3) is 0 Å². The van der Waals surface area contributed by atoms with E-state index in [0.29, 0.717) is 22.7 Å². The molecule has 0 bridgehead atoms. The molecule has 4 rings (SSSR count). The monoisotopic (exact) mass is 339 g/mol. The Balaban J connectivity index is 1.84. The molecule has 1 aromatic heterocycles. The predicted molar refractivity (Wildman–Crippen MR) is 95.5 cm³/mol. The van der Waals surface area contributed by atoms with Gasteiger partial charge in [0, 0.05) is 31.9 Å². The molecule has 0 N–H and O–H groups in total. The number of nitrogens with zero attached hydrogens (tertiary/aromatic N) is 3. The van der Waals surface area contributed by atoms with Crippen LogP contribution in [0, 0.1) is 6.92 Å². The van der Waals surface area contributed by atoms with Crippen LogP contribution in [0.3, 0.4) is 0 Å². The van der Waals surface area contributed by atoms with Crippen LogP contribution in [0.2, 0.25) is 0 Å². The molecule has 1 aromatic rings. The van der Waals surface area contributed by atoms with Crippen LogP contribution < -0.4 is 0 Å². The number of allylic oxidation sites excluding steroid dienone is 2. The smallest absolute Gasteiger partial charge is 0.230 e. The summed E-state index contributed by atoms with van der Waals surface area (Å²) in [6.45, 7) is 5.29. The van der Waals surface area contributed by atoms with Gasteiger partial charge >= 0.3 is 0 Å². The standard InChI is InChI=1S/C20H25N3O2/c1-14-8-9-15-16(21-14)20(25)18(23-12-6-3-7-13-23)17(19(15)24)22-10-4-2-5-11-22/h8-9H,2-7,10-13H2,1H3.